The third-order valence-corrected chi connectivity index (χ3v) is 3.12. The van der Waals surface area contributed by atoms with Crippen molar-refractivity contribution in [3.05, 3.63) is 35.9 Å². The van der Waals surface area contributed by atoms with Gasteiger partial charge in [0.1, 0.15) is 0 Å². The van der Waals surface area contributed by atoms with Gasteiger partial charge in [-0.05, 0) is 18.0 Å². The summed E-state index contributed by atoms with van der Waals surface area (Å²) in [5.41, 5.74) is 1.31. The smallest absolute Gasteiger partial charge is 0.0672 e. The van der Waals surface area contributed by atoms with E-state index in [1.807, 2.05) is 6.07 Å². The van der Waals surface area contributed by atoms with Crippen molar-refractivity contribution >= 4 is 0 Å². The van der Waals surface area contributed by atoms with E-state index < -0.39 is 0 Å². The fourth-order valence-electron chi connectivity index (χ4n) is 1.83. The van der Waals surface area contributed by atoms with Gasteiger partial charge in [-0.3, -0.25) is 4.90 Å². The molecule has 0 spiro atoms. The topological polar surface area (TPSA) is 27.0 Å². The summed E-state index contributed by atoms with van der Waals surface area (Å²) in [5.74, 6) is 0.545. The average molecular weight is 230 g/mol. The van der Waals surface area contributed by atoms with E-state index in [0.717, 1.165) is 19.6 Å². The maximum Gasteiger partial charge on any atom is 0.0672 e. The maximum atomic E-state index is 9.13. The van der Waals surface area contributed by atoms with Crippen LogP contribution in [0.2, 0.25) is 0 Å². The Morgan fingerprint density at radius 2 is 1.88 bits per heavy atom. The molecule has 1 aromatic carbocycles. The molecule has 0 heterocycles. The van der Waals surface area contributed by atoms with E-state index >= 15 is 0 Å². The van der Waals surface area contributed by atoms with Crippen molar-refractivity contribution in [1.82, 2.24) is 4.90 Å². The number of benzene rings is 1. The standard InChI is InChI=1S/C15H22N2/c1-4-17(12-15(10-16)13(2)3)11-14-8-6-5-7-9-14/h5-9,13,15H,4,11-12H2,1-3H3. The summed E-state index contributed by atoms with van der Waals surface area (Å²) in [5, 5.41) is 9.13. The highest BCUT2D eigenvalue weighted by atomic mass is 15.1. The highest BCUT2D eigenvalue weighted by molar-refractivity contribution is 5.14. The normalized spacial score (nSPS) is 12.7. The Bertz CT molecular complexity index is 351. The molecule has 2 heteroatoms. The molecule has 92 valence electrons. The Morgan fingerprint density at radius 3 is 2.35 bits per heavy atom. The lowest BCUT2D eigenvalue weighted by Crippen LogP contribution is -2.30. The number of hydrogen-bond donors (Lipinski definition) is 0. The first-order valence-electron chi connectivity index (χ1n) is 6.33. The van der Waals surface area contributed by atoms with Crippen molar-refractivity contribution in [3.8, 4) is 6.07 Å². The second-order valence-corrected chi connectivity index (χ2v) is 4.79. The average Bonchev–Trinajstić information content (AvgIpc) is 2.35. The van der Waals surface area contributed by atoms with E-state index in [2.05, 4.69) is 56.0 Å². The Morgan fingerprint density at radius 1 is 1.24 bits per heavy atom. The molecule has 2 nitrogen and oxygen atoms in total. The SMILES string of the molecule is CCN(Cc1ccccc1)CC(C#N)C(C)C. The molecular formula is C15H22N2. The molecule has 0 radical (unpaired) electrons. The summed E-state index contributed by atoms with van der Waals surface area (Å²) in [6.45, 7) is 9.16. The zero-order valence-corrected chi connectivity index (χ0v) is 11.1. The highest BCUT2D eigenvalue weighted by Crippen LogP contribution is 2.13. The van der Waals surface area contributed by atoms with Crippen LogP contribution >= 0.6 is 0 Å². The van der Waals surface area contributed by atoms with Crippen LogP contribution in [0.25, 0.3) is 0 Å². The molecule has 0 aliphatic carbocycles. The number of nitrogens with zero attached hydrogens (tertiary/aromatic N) is 2. The first kappa shape index (κ1) is 13.7. The summed E-state index contributed by atoms with van der Waals surface area (Å²) in [7, 11) is 0. The van der Waals surface area contributed by atoms with Crippen LogP contribution in [0.3, 0.4) is 0 Å². The Labute approximate surface area is 105 Å². The molecule has 17 heavy (non-hydrogen) atoms. The number of rotatable bonds is 6. The fraction of sp³-hybridized carbons (Fsp3) is 0.533. The van der Waals surface area contributed by atoms with Crippen LogP contribution in [0.1, 0.15) is 26.3 Å². The van der Waals surface area contributed by atoms with Gasteiger partial charge in [0.15, 0.2) is 0 Å². The van der Waals surface area contributed by atoms with E-state index in [0.29, 0.717) is 5.92 Å². The van der Waals surface area contributed by atoms with E-state index in [-0.39, 0.29) is 5.92 Å². The quantitative estimate of drug-likeness (QED) is 0.749. The summed E-state index contributed by atoms with van der Waals surface area (Å²) in [4.78, 5) is 2.34. The lowest BCUT2D eigenvalue weighted by molar-refractivity contribution is 0.231. The third kappa shape index (κ3) is 4.58. The molecule has 0 fully saturated rings. The molecule has 0 aromatic heterocycles. The van der Waals surface area contributed by atoms with Gasteiger partial charge in [-0.25, -0.2) is 0 Å². The molecule has 0 aliphatic heterocycles. The van der Waals surface area contributed by atoms with Gasteiger partial charge >= 0.3 is 0 Å². The molecule has 1 unspecified atom stereocenters. The van der Waals surface area contributed by atoms with Crippen LogP contribution in [0.15, 0.2) is 30.3 Å². The van der Waals surface area contributed by atoms with E-state index in [4.69, 9.17) is 5.26 Å². The van der Waals surface area contributed by atoms with Crippen LogP contribution in [0, 0.1) is 23.2 Å². The van der Waals surface area contributed by atoms with Crippen LogP contribution in [0.5, 0.6) is 0 Å². The van der Waals surface area contributed by atoms with Crippen molar-refractivity contribution in [2.24, 2.45) is 11.8 Å². The Balaban J connectivity index is 2.58. The molecular weight excluding hydrogens is 208 g/mol. The summed E-state index contributed by atoms with van der Waals surface area (Å²) in [6, 6.07) is 12.8. The first-order chi connectivity index (χ1) is 8.17. The molecule has 0 aliphatic rings. The van der Waals surface area contributed by atoms with Gasteiger partial charge < -0.3 is 0 Å². The molecule has 1 rings (SSSR count). The summed E-state index contributed by atoms with van der Waals surface area (Å²) >= 11 is 0. The van der Waals surface area contributed by atoms with Crippen LogP contribution in [0.4, 0.5) is 0 Å². The molecule has 1 atom stereocenters. The minimum absolute atomic E-state index is 0.124. The monoisotopic (exact) mass is 230 g/mol. The number of hydrogen-bond acceptors (Lipinski definition) is 2. The van der Waals surface area contributed by atoms with Gasteiger partial charge in [0.2, 0.25) is 0 Å². The van der Waals surface area contributed by atoms with E-state index in [1.54, 1.807) is 0 Å². The second kappa shape index (κ2) is 7.09. The van der Waals surface area contributed by atoms with Gasteiger partial charge in [0.25, 0.3) is 0 Å². The molecule has 0 N–H and O–H groups in total. The molecule has 0 saturated heterocycles. The van der Waals surface area contributed by atoms with Crippen LogP contribution in [-0.4, -0.2) is 18.0 Å². The van der Waals surface area contributed by atoms with Crippen molar-refractivity contribution in [2.75, 3.05) is 13.1 Å². The molecule has 0 amide bonds. The maximum absolute atomic E-state index is 9.13. The minimum Gasteiger partial charge on any atom is -0.298 e. The van der Waals surface area contributed by atoms with E-state index in [1.165, 1.54) is 5.56 Å². The van der Waals surface area contributed by atoms with Crippen LogP contribution in [-0.2, 0) is 6.54 Å². The third-order valence-electron chi connectivity index (χ3n) is 3.12. The minimum atomic E-state index is 0.124. The first-order valence-corrected chi connectivity index (χ1v) is 6.33. The Kier molecular flexibility index (Phi) is 5.72. The van der Waals surface area contributed by atoms with Gasteiger partial charge in [0.05, 0.1) is 12.0 Å². The van der Waals surface area contributed by atoms with Gasteiger partial charge in [0, 0.05) is 13.1 Å². The molecule has 1 aromatic rings. The summed E-state index contributed by atoms with van der Waals surface area (Å²) < 4.78 is 0. The van der Waals surface area contributed by atoms with Crippen LogP contribution < -0.4 is 0 Å². The lowest BCUT2D eigenvalue weighted by atomic mass is 9.97. The van der Waals surface area contributed by atoms with Gasteiger partial charge in [-0.2, -0.15) is 5.26 Å². The van der Waals surface area contributed by atoms with E-state index in [9.17, 15) is 0 Å². The van der Waals surface area contributed by atoms with Gasteiger partial charge in [-0.1, -0.05) is 51.1 Å². The van der Waals surface area contributed by atoms with Crippen molar-refractivity contribution in [1.29, 1.82) is 5.26 Å². The fourth-order valence-corrected chi connectivity index (χ4v) is 1.83. The highest BCUT2D eigenvalue weighted by Gasteiger charge is 2.16. The van der Waals surface area contributed by atoms with Gasteiger partial charge in [-0.15, -0.1) is 0 Å². The number of nitriles is 1. The second-order valence-electron chi connectivity index (χ2n) is 4.79. The largest absolute Gasteiger partial charge is 0.298 e. The van der Waals surface area contributed by atoms with Crippen molar-refractivity contribution < 1.29 is 0 Å². The molecule has 0 saturated carbocycles. The zero-order chi connectivity index (χ0) is 12.7. The predicted octanol–water partition coefficient (Wildman–Crippen LogP) is 3.30. The molecule has 0 bridgehead atoms. The summed E-state index contributed by atoms with van der Waals surface area (Å²) in [6.07, 6.45) is 0. The lowest BCUT2D eigenvalue weighted by Gasteiger charge is -2.24. The Hall–Kier alpha value is -1.33. The van der Waals surface area contributed by atoms with Crippen molar-refractivity contribution in [3.63, 3.8) is 0 Å². The zero-order valence-electron chi connectivity index (χ0n) is 11.1. The van der Waals surface area contributed by atoms with Crippen molar-refractivity contribution in [2.45, 2.75) is 27.3 Å². The predicted molar refractivity (Wildman–Crippen MR) is 71.3 cm³/mol.